The molecule has 0 saturated carbocycles. The molecule has 122 valence electrons. The molecule has 1 unspecified atom stereocenters. The normalized spacial score (nSPS) is 14.1. The van der Waals surface area contributed by atoms with Gasteiger partial charge in [-0.3, -0.25) is 9.79 Å². The Morgan fingerprint density at radius 3 is 2.82 bits per heavy atom. The molecule has 7 heteroatoms. The van der Waals surface area contributed by atoms with E-state index in [2.05, 4.69) is 27.8 Å². The Morgan fingerprint density at radius 1 is 1.45 bits per heavy atom. The molecular formula is C15H24N4O3. The molecule has 0 amide bonds. The number of ether oxygens (including phenoxy) is 1. The molecule has 1 heterocycles. The summed E-state index contributed by atoms with van der Waals surface area (Å²) in [5.41, 5.74) is 7.18. The maximum atomic E-state index is 8.36. The maximum absolute atomic E-state index is 8.36. The van der Waals surface area contributed by atoms with Crippen molar-refractivity contribution in [3.8, 4) is 0 Å². The predicted octanol–water partition coefficient (Wildman–Crippen LogP) is 0.170. The number of nitrogens with two attached hydrogens (primary N) is 1. The third-order valence-corrected chi connectivity index (χ3v) is 2.93. The highest BCUT2D eigenvalue weighted by Gasteiger charge is 2.06. The van der Waals surface area contributed by atoms with Crippen molar-refractivity contribution in [2.45, 2.75) is 19.1 Å². The predicted molar refractivity (Wildman–Crippen MR) is 85.7 cm³/mol. The van der Waals surface area contributed by atoms with Gasteiger partial charge in [0, 0.05) is 19.1 Å². The molecule has 2 rings (SSSR count). The third-order valence-electron chi connectivity index (χ3n) is 2.93. The van der Waals surface area contributed by atoms with Crippen molar-refractivity contribution >= 4 is 12.4 Å². The van der Waals surface area contributed by atoms with E-state index in [0.29, 0.717) is 13.2 Å². The lowest BCUT2D eigenvalue weighted by Gasteiger charge is -2.13. The Balaban J connectivity index is 0.000000745. The van der Waals surface area contributed by atoms with Crippen LogP contribution in [0.1, 0.15) is 12.0 Å². The van der Waals surface area contributed by atoms with Crippen LogP contribution < -0.4 is 16.4 Å². The zero-order chi connectivity index (χ0) is 16.0. The van der Waals surface area contributed by atoms with E-state index in [1.165, 1.54) is 5.56 Å². The van der Waals surface area contributed by atoms with E-state index in [-0.39, 0.29) is 12.5 Å². The lowest BCUT2D eigenvalue weighted by atomic mass is 10.2. The monoisotopic (exact) mass is 308 g/mol. The second-order valence-corrected chi connectivity index (χ2v) is 4.74. The quantitative estimate of drug-likeness (QED) is 0.535. The Labute approximate surface area is 130 Å². The van der Waals surface area contributed by atoms with Crippen molar-refractivity contribution in [2.75, 3.05) is 26.2 Å². The van der Waals surface area contributed by atoms with Gasteiger partial charge < -0.3 is 26.2 Å². The van der Waals surface area contributed by atoms with E-state index in [1.54, 1.807) is 0 Å². The van der Waals surface area contributed by atoms with Gasteiger partial charge in [-0.15, -0.1) is 0 Å². The van der Waals surface area contributed by atoms with E-state index in [4.69, 9.17) is 20.4 Å². The summed E-state index contributed by atoms with van der Waals surface area (Å²) in [6.07, 6.45) is 0.871. The van der Waals surface area contributed by atoms with E-state index < -0.39 is 0 Å². The zero-order valence-electron chi connectivity index (χ0n) is 12.6. The van der Waals surface area contributed by atoms with Crippen molar-refractivity contribution in [2.24, 2.45) is 10.7 Å². The first-order valence-corrected chi connectivity index (χ1v) is 7.23. The summed E-state index contributed by atoms with van der Waals surface area (Å²) in [5.74, 6) is 0.886. The van der Waals surface area contributed by atoms with Crippen LogP contribution in [0.3, 0.4) is 0 Å². The first-order chi connectivity index (χ1) is 10.8. The number of nitrogens with one attached hydrogen (secondary N) is 2. The van der Waals surface area contributed by atoms with Gasteiger partial charge in [-0.2, -0.15) is 0 Å². The molecule has 0 aromatic heterocycles. The molecule has 1 aromatic carbocycles. The van der Waals surface area contributed by atoms with Crippen LogP contribution in [0.25, 0.3) is 0 Å². The molecule has 1 aliphatic rings. The number of hydrogen-bond donors (Lipinski definition) is 4. The molecule has 1 aromatic rings. The Bertz CT molecular complexity index is 440. The van der Waals surface area contributed by atoms with Crippen LogP contribution >= 0.6 is 0 Å². The second-order valence-electron chi connectivity index (χ2n) is 4.74. The van der Waals surface area contributed by atoms with E-state index in [9.17, 15) is 0 Å². The zero-order valence-corrected chi connectivity index (χ0v) is 12.6. The van der Waals surface area contributed by atoms with Gasteiger partial charge in [0.05, 0.1) is 19.8 Å². The van der Waals surface area contributed by atoms with Crippen LogP contribution in [0.15, 0.2) is 35.3 Å². The van der Waals surface area contributed by atoms with Gasteiger partial charge in [0.1, 0.15) is 0 Å². The number of guanidine groups is 1. The highest BCUT2D eigenvalue weighted by Crippen LogP contribution is 2.01. The van der Waals surface area contributed by atoms with Crippen molar-refractivity contribution < 1.29 is 14.6 Å². The summed E-state index contributed by atoms with van der Waals surface area (Å²) in [7, 11) is 0. The van der Waals surface area contributed by atoms with Crippen LogP contribution in [-0.2, 0) is 16.1 Å². The minimum absolute atomic E-state index is 0.0539. The van der Waals surface area contributed by atoms with Gasteiger partial charge in [0.2, 0.25) is 0 Å². The Kier molecular flexibility index (Phi) is 9.40. The molecule has 0 fully saturated rings. The molecule has 5 N–H and O–H groups in total. The molecule has 7 nitrogen and oxygen atoms in total. The van der Waals surface area contributed by atoms with Gasteiger partial charge in [-0.25, -0.2) is 0 Å². The van der Waals surface area contributed by atoms with Crippen LogP contribution in [0.5, 0.6) is 0 Å². The van der Waals surface area contributed by atoms with Crippen LogP contribution in [0.4, 0.5) is 0 Å². The number of carboxylic acid groups (broad SMARTS) is 1. The van der Waals surface area contributed by atoms with Crippen molar-refractivity contribution in [1.29, 1.82) is 0 Å². The highest BCUT2D eigenvalue weighted by molar-refractivity contribution is 5.81. The fourth-order valence-electron chi connectivity index (χ4n) is 1.88. The van der Waals surface area contributed by atoms with Crippen molar-refractivity contribution in [3.05, 3.63) is 35.9 Å². The molecule has 22 heavy (non-hydrogen) atoms. The molecule has 0 radical (unpaired) electrons. The fourth-order valence-corrected chi connectivity index (χ4v) is 1.88. The van der Waals surface area contributed by atoms with Gasteiger partial charge in [-0.05, 0) is 12.0 Å². The van der Waals surface area contributed by atoms with E-state index in [1.807, 2.05) is 18.2 Å². The molecule has 0 aliphatic carbocycles. The third kappa shape index (κ3) is 8.23. The van der Waals surface area contributed by atoms with Gasteiger partial charge in [-0.1, -0.05) is 30.3 Å². The molecule has 0 bridgehead atoms. The highest BCUT2D eigenvalue weighted by atomic mass is 16.5. The number of aliphatic imine (C=N–C) groups is 1. The first kappa shape index (κ1) is 17.9. The van der Waals surface area contributed by atoms with Gasteiger partial charge in [0.15, 0.2) is 5.96 Å². The van der Waals surface area contributed by atoms with E-state index in [0.717, 1.165) is 32.0 Å². The first-order valence-electron chi connectivity index (χ1n) is 7.23. The summed E-state index contributed by atoms with van der Waals surface area (Å²) in [6, 6.07) is 10.2. The lowest BCUT2D eigenvalue weighted by molar-refractivity contribution is -0.122. The molecule has 1 atom stereocenters. The Hall–Kier alpha value is -2.12. The largest absolute Gasteiger partial charge is 0.483 e. The number of nitrogens with zero attached hydrogens (tertiary/aromatic N) is 1. The average Bonchev–Trinajstić information content (AvgIpc) is 3.02. The van der Waals surface area contributed by atoms with Crippen LogP contribution in [0, 0.1) is 0 Å². The standard InChI is InChI=1S/C14H22N4O.CH2O2/c15-13(6-7-16-14-17-8-9-18-14)11-19-10-12-4-2-1-3-5-12;2-1-3/h1-5,13H,6-11,15H2,(H2,16,17,18);1H,(H,2,3). The van der Waals surface area contributed by atoms with Crippen molar-refractivity contribution in [3.63, 3.8) is 0 Å². The number of carbonyl (C=O) groups is 1. The number of hydrogen-bond acceptors (Lipinski definition) is 6. The smallest absolute Gasteiger partial charge is 0.290 e. The molecular weight excluding hydrogens is 284 g/mol. The van der Waals surface area contributed by atoms with E-state index >= 15 is 0 Å². The minimum atomic E-state index is -0.250. The summed E-state index contributed by atoms with van der Waals surface area (Å²) >= 11 is 0. The minimum Gasteiger partial charge on any atom is -0.483 e. The Morgan fingerprint density at radius 2 is 2.18 bits per heavy atom. The lowest BCUT2D eigenvalue weighted by Crippen LogP contribution is -2.37. The summed E-state index contributed by atoms with van der Waals surface area (Å²) in [5, 5.41) is 13.3. The molecule has 1 aliphatic heterocycles. The number of rotatable bonds is 7. The summed E-state index contributed by atoms with van der Waals surface area (Å²) < 4.78 is 5.61. The fraction of sp³-hybridized carbons (Fsp3) is 0.467. The van der Waals surface area contributed by atoms with Gasteiger partial charge >= 0.3 is 0 Å². The molecule has 0 spiro atoms. The van der Waals surface area contributed by atoms with Crippen molar-refractivity contribution in [1.82, 2.24) is 10.6 Å². The second kappa shape index (κ2) is 11.5. The summed E-state index contributed by atoms with van der Waals surface area (Å²) in [4.78, 5) is 12.6. The van der Waals surface area contributed by atoms with Crippen LogP contribution in [-0.4, -0.2) is 49.8 Å². The summed E-state index contributed by atoms with van der Waals surface area (Å²) in [6.45, 7) is 3.55. The molecule has 0 saturated heterocycles. The van der Waals surface area contributed by atoms with Crippen LogP contribution in [0.2, 0.25) is 0 Å². The topological polar surface area (TPSA) is 109 Å². The maximum Gasteiger partial charge on any atom is 0.290 e. The number of benzene rings is 1. The average molecular weight is 308 g/mol. The SMILES string of the molecule is NC(CCNC1=NCCN1)COCc1ccccc1.O=CO. The van der Waals surface area contributed by atoms with Gasteiger partial charge in [0.25, 0.3) is 6.47 Å².